The molecule has 122 valence electrons. The Morgan fingerprint density at radius 2 is 1.81 bits per heavy atom. The minimum Gasteiger partial charge on any atom is -0.388 e. The fraction of sp³-hybridized carbons (Fsp3) is 0.938. The van der Waals surface area contributed by atoms with Gasteiger partial charge in [0.25, 0.3) is 0 Å². The molecule has 3 aliphatic rings. The number of aliphatic hydroxyl groups is 1. The summed E-state index contributed by atoms with van der Waals surface area (Å²) in [4.78, 5) is 7.17. The number of nitrogens with one attached hydrogen (secondary N) is 1. The SMILES string of the molecule is CCNC(=NCC1(O)CCC1)N1CC2CCCCC2C1.I. The highest BCUT2D eigenvalue weighted by atomic mass is 127. The summed E-state index contributed by atoms with van der Waals surface area (Å²) >= 11 is 0. The predicted molar refractivity (Wildman–Crippen MR) is 97.2 cm³/mol. The lowest BCUT2D eigenvalue weighted by Crippen LogP contribution is -2.44. The van der Waals surface area contributed by atoms with Gasteiger partial charge in [0.2, 0.25) is 0 Å². The molecule has 0 amide bonds. The molecule has 5 heteroatoms. The summed E-state index contributed by atoms with van der Waals surface area (Å²) in [6.45, 7) is 5.92. The lowest BCUT2D eigenvalue weighted by molar-refractivity contribution is -0.0237. The Morgan fingerprint density at radius 1 is 1.19 bits per heavy atom. The van der Waals surface area contributed by atoms with Crippen molar-refractivity contribution in [3.05, 3.63) is 0 Å². The van der Waals surface area contributed by atoms with Crippen LogP contribution in [0.2, 0.25) is 0 Å². The molecule has 4 nitrogen and oxygen atoms in total. The summed E-state index contributed by atoms with van der Waals surface area (Å²) in [5.41, 5.74) is -0.507. The number of likely N-dealkylation sites (tertiary alicyclic amines) is 1. The first-order chi connectivity index (χ1) is 9.70. The smallest absolute Gasteiger partial charge is 0.194 e. The van der Waals surface area contributed by atoms with Crippen LogP contribution in [0.25, 0.3) is 0 Å². The van der Waals surface area contributed by atoms with E-state index in [1.807, 2.05) is 0 Å². The molecule has 2 saturated carbocycles. The zero-order valence-corrected chi connectivity index (χ0v) is 15.5. The van der Waals surface area contributed by atoms with Crippen LogP contribution in [-0.2, 0) is 0 Å². The molecule has 0 aromatic rings. The molecule has 0 aromatic heterocycles. The highest BCUT2D eigenvalue weighted by Crippen LogP contribution is 2.36. The number of rotatable bonds is 3. The molecule has 1 saturated heterocycles. The van der Waals surface area contributed by atoms with Gasteiger partial charge in [-0.2, -0.15) is 0 Å². The highest BCUT2D eigenvalue weighted by Gasteiger charge is 2.37. The molecule has 1 aliphatic heterocycles. The Balaban J connectivity index is 0.00000161. The maximum Gasteiger partial charge on any atom is 0.194 e. The van der Waals surface area contributed by atoms with Crippen molar-refractivity contribution in [3.8, 4) is 0 Å². The maximum absolute atomic E-state index is 10.2. The third-order valence-electron chi connectivity index (χ3n) is 5.42. The Morgan fingerprint density at radius 3 is 2.29 bits per heavy atom. The van der Waals surface area contributed by atoms with E-state index in [9.17, 15) is 5.11 Å². The van der Waals surface area contributed by atoms with Crippen LogP contribution in [0.3, 0.4) is 0 Å². The van der Waals surface area contributed by atoms with Crippen molar-refractivity contribution < 1.29 is 5.11 Å². The average Bonchev–Trinajstić information content (AvgIpc) is 2.85. The van der Waals surface area contributed by atoms with Crippen molar-refractivity contribution >= 4 is 29.9 Å². The van der Waals surface area contributed by atoms with Crippen LogP contribution in [0.15, 0.2) is 4.99 Å². The topological polar surface area (TPSA) is 47.9 Å². The molecule has 3 rings (SSSR count). The van der Waals surface area contributed by atoms with Crippen LogP contribution in [0.4, 0.5) is 0 Å². The number of aliphatic imine (C=N–C) groups is 1. The molecule has 0 radical (unpaired) electrons. The summed E-state index contributed by atoms with van der Waals surface area (Å²) in [7, 11) is 0. The second kappa shape index (κ2) is 7.49. The Hall–Kier alpha value is -0.0400. The van der Waals surface area contributed by atoms with Gasteiger partial charge in [0.15, 0.2) is 5.96 Å². The quantitative estimate of drug-likeness (QED) is 0.430. The number of hydrogen-bond donors (Lipinski definition) is 2. The van der Waals surface area contributed by atoms with E-state index in [2.05, 4.69) is 17.1 Å². The van der Waals surface area contributed by atoms with Crippen molar-refractivity contribution in [2.24, 2.45) is 16.8 Å². The predicted octanol–water partition coefficient (Wildman–Crippen LogP) is 2.61. The van der Waals surface area contributed by atoms with Gasteiger partial charge in [0.05, 0.1) is 12.1 Å². The first-order valence-corrected chi connectivity index (χ1v) is 8.46. The van der Waals surface area contributed by atoms with Gasteiger partial charge in [-0.1, -0.05) is 12.8 Å². The second-order valence-electron chi connectivity index (χ2n) is 6.96. The van der Waals surface area contributed by atoms with Crippen LogP contribution in [0, 0.1) is 11.8 Å². The maximum atomic E-state index is 10.2. The number of hydrogen-bond acceptors (Lipinski definition) is 2. The Labute approximate surface area is 145 Å². The number of nitrogens with zero attached hydrogens (tertiary/aromatic N) is 2. The summed E-state index contributed by atoms with van der Waals surface area (Å²) in [6.07, 6.45) is 8.58. The van der Waals surface area contributed by atoms with Crippen LogP contribution in [0.1, 0.15) is 51.9 Å². The Kier molecular flexibility index (Phi) is 6.17. The first-order valence-electron chi connectivity index (χ1n) is 8.46. The van der Waals surface area contributed by atoms with E-state index in [1.54, 1.807) is 0 Å². The van der Waals surface area contributed by atoms with Gasteiger partial charge in [-0.15, -0.1) is 24.0 Å². The molecular weight excluding hydrogens is 377 g/mol. The third kappa shape index (κ3) is 4.03. The van der Waals surface area contributed by atoms with Crippen molar-refractivity contribution in [2.75, 3.05) is 26.2 Å². The average molecular weight is 407 g/mol. The first kappa shape index (κ1) is 17.3. The van der Waals surface area contributed by atoms with Gasteiger partial charge in [-0.05, 0) is 50.9 Å². The minimum absolute atomic E-state index is 0. The van der Waals surface area contributed by atoms with Gasteiger partial charge >= 0.3 is 0 Å². The van der Waals surface area contributed by atoms with Crippen LogP contribution in [0.5, 0.6) is 0 Å². The third-order valence-corrected chi connectivity index (χ3v) is 5.42. The lowest BCUT2D eigenvalue weighted by atomic mass is 9.80. The molecule has 21 heavy (non-hydrogen) atoms. The van der Waals surface area contributed by atoms with Crippen LogP contribution < -0.4 is 5.32 Å². The second-order valence-corrected chi connectivity index (χ2v) is 6.96. The lowest BCUT2D eigenvalue weighted by Gasteiger charge is -2.35. The molecule has 2 atom stereocenters. The van der Waals surface area contributed by atoms with Gasteiger partial charge in [0, 0.05) is 19.6 Å². The molecular formula is C16H30IN3O. The standard InChI is InChI=1S/C16H29N3O.HI/c1-2-17-15(18-12-16(20)8-5-9-16)19-10-13-6-3-4-7-14(13)11-19;/h13-14,20H,2-12H2,1H3,(H,17,18);1H. The molecule has 1 heterocycles. The van der Waals surface area contributed by atoms with Crippen LogP contribution in [-0.4, -0.2) is 47.7 Å². The highest BCUT2D eigenvalue weighted by molar-refractivity contribution is 14.0. The molecule has 2 unspecified atom stereocenters. The van der Waals surface area contributed by atoms with Crippen molar-refractivity contribution in [1.82, 2.24) is 10.2 Å². The fourth-order valence-electron chi connectivity index (χ4n) is 3.97. The van der Waals surface area contributed by atoms with Gasteiger partial charge in [0.1, 0.15) is 0 Å². The molecule has 2 N–H and O–H groups in total. The Bertz CT molecular complexity index is 357. The summed E-state index contributed by atoms with van der Waals surface area (Å²) < 4.78 is 0. The molecule has 0 spiro atoms. The van der Waals surface area contributed by atoms with E-state index in [0.29, 0.717) is 6.54 Å². The monoisotopic (exact) mass is 407 g/mol. The number of halogens is 1. The summed E-state index contributed by atoms with van der Waals surface area (Å²) in [6, 6.07) is 0. The van der Waals surface area contributed by atoms with Gasteiger partial charge in [-0.25, -0.2) is 0 Å². The van der Waals surface area contributed by atoms with Gasteiger partial charge < -0.3 is 15.3 Å². The number of guanidine groups is 1. The fourth-order valence-corrected chi connectivity index (χ4v) is 3.97. The molecule has 3 fully saturated rings. The largest absolute Gasteiger partial charge is 0.388 e. The summed E-state index contributed by atoms with van der Waals surface area (Å²) in [5.74, 6) is 2.78. The molecule has 0 aromatic carbocycles. The minimum atomic E-state index is -0.507. The van der Waals surface area contributed by atoms with E-state index in [1.165, 1.54) is 25.7 Å². The zero-order valence-electron chi connectivity index (χ0n) is 13.2. The molecule has 2 aliphatic carbocycles. The van der Waals surface area contributed by atoms with Crippen molar-refractivity contribution in [3.63, 3.8) is 0 Å². The number of fused-ring (bicyclic) bond motifs is 1. The van der Waals surface area contributed by atoms with E-state index >= 15 is 0 Å². The summed E-state index contributed by atoms with van der Waals surface area (Å²) in [5, 5.41) is 13.6. The zero-order chi connectivity index (χ0) is 14.0. The van der Waals surface area contributed by atoms with E-state index < -0.39 is 5.60 Å². The van der Waals surface area contributed by atoms with Crippen molar-refractivity contribution in [2.45, 2.75) is 57.5 Å². The van der Waals surface area contributed by atoms with Gasteiger partial charge in [-0.3, -0.25) is 4.99 Å². The molecule has 0 bridgehead atoms. The normalized spacial score (nSPS) is 31.1. The van der Waals surface area contributed by atoms with E-state index in [0.717, 1.165) is 56.7 Å². The van der Waals surface area contributed by atoms with E-state index in [-0.39, 0.29) is 24.0 Å². The van der Waals surface area contributed by atoms with Crippen molar-refractivity contribution in [1.29, 1.82) is 0 Å². The van der Waals surface area contributed by atoms with E-state index in [4.69, 9.17) is 4.99 Å². The van der Waals surface area contributed by atoms with Crippen LogP contribution >= 0.6 is 24.0 Å².